The SMILES string of the molecule is CCCC(C)Oc1c(N)c(CC)nn1C. The molecule has 1 aromatic heterocycles. The van der Waals surface area contributed by atoms with Gasteiger partial charge in [-0.3, -0.25) is 0 Å². The molecule has 0 radical (unpaired) electrons. The molecule has 86 valence electrons. The van der Waals surface area contributed by atoms with Crippen molar-refractivity contribution in [2.45, 2.75) is 46.1 Å². The molecule has 0 fully saturated rings. The van der Waals surface area contributed by atoms with Crippen LogP contribution >= 0.6 is 0 Å². The van der Waals surface area contributed by atoms with Gasteiger partial charge in [-0.25, -0.2) is 4.68 Å². The Bertz CT molecular complexity index is 320. The second-order valence-electron chi connectivity index (χ2n) is 3.86. The molecule has 4 heteroatoms. The van der Waals surface area contributed by atoms with Crippen molar-refractivity contribution >= 4 is 5.69 Å². The van der Waals surface area contributed by atoms with Crippen molar-refractivity contribution in [1.82, 2.24) is 9.78 Å². The molecule has 0 aromatic carbocycles. The van der Waals surface area contributed by atoms with Crippen LogP contribution in [0, 0.1) is 0 Å². The number of rotatable bonds is 5. The van der Waals surface area contributed by atoms with Gasteiger partial charge in [-0.1, -0.05) is 20.3 Å². The van der Waals surface area contributed by atoms with Crippen molar-refractivity contribution in [3.8, 4) is 5.88 Å². The molecular formula is C11H21N3O. The molecule has 0 aliphatic rings. The number of hydrogen-bond donors (Lipinski definition) is 1. The van der Waals surface area contributed by atoms with E-state index in [1.807, 2.05) is 14.0 Å². The van der Waals surface area contributed by atoms with Crippen LogP contribution in [0.2, 0.25) is 0 Å². The van der Waals surface area contributed by atoms with Gasteiger partial charge >= 0.3 is 0 Å². The summed E-state index contributed by atoms with van der Waals surface area (Å²) in [4.78, 5) is 0. The number of hydrogen-bond acceptors (Lipinski definition) is 3. The summed E-state index contributed by atoms with van der Waals surface area (Å²) in [6.45, 7) is 6.24. The number of anilines is 1. The summed E-state index contributed by atoms with van der Waals surface area (Å²) in [5.74, 6) is 0.702. The predicted molar refractivity (Wildman–Crippen MR) is 62.0 cm³/mol. The van der Waals surface area contributed by atoms with Gasteiger partial charge in [0.25, 0.3) is 0 Å². The third-order valence-electron chi connectivity index (χ3n) is 2.45. The summed E-state index contributed by atoms with van der Waals surface area (Å²) in [6.07, 6.45) is 3.18. The van der Waals surface area contributed by atoms with Crippen molar-refractivity contribution < 1.29 is 4.74 Å². The smallest absolute Gasteiger partial charge is 0.236 e. The molecule has 0 aliphatic heterocycles. The summed E-state index contributed by atoms with van der Waals surface area (Å²) >= 11 is 0. The van der Waals surface area contributed by atoms with Gasteiger partial charge in [0, 0.05) is 7.05 Å². The Kier molecular flexibility index (Phi) is 4.00. The monoisotopic (exact) mass is 211 g/mol. The number of aromatic nitrogens is 2. The Morgan fingerprint density at radius 2 is 2.13 bits per heavy atom. The molecule has 1 atom stereocenters. The van der Waals surface area contributed by atoms with E-state index in [-0.39, 0.29) is 6.10 Å². The van der Waals surface area contributed by atoms with Gasteiger partial charge in [-0.05, 0) is 19.8 Å². The van der Waals surface area contributed by atoms with E-state index in [2.05, 4.69) is 18.9 Å². The molecule has 0 bridgehead atoms. The summed E-state index contributed by atoms with van der Waals surface area (Å²) in [5.41, 5.74) is 7.55. The lowest BCUT2D eigenvalue weighted by molar-refractivity contribution is 0.193. The van der Waals surface area contributed by atoms with Gasteiger partial charge in [-0.2, -0.15) is 5.10 Å². The standard InChI is InChI=1S/C11H21N3O/c1-5-7-8(3)15-11-10(12)9(6-2)13-14(11)4/h8H,5-7,12H2,1-4H3. The van der Waals surface area contributed by atoms with E-state index in [4.69, 9.17) is 10.5 Å². The zero-order valence-electron chi connectivity index (χ0n) is 10.1. The second kappa shape index (κ2) is 5.05. The summed E-state index contributed by atoms with van der Waals surface area (Å²) in [5, 5.41) is 4.31. The van der Waals surface area contributed by atoms with Crippen molar-refractivity contribution in [3.05, 3.63) is 5.69 Å². The van der Waals surface area contributed by atoms with Gasteiger partial charge in [0.2, 0.25) is 5.88 Å². The largest absolute Gasteiger partial charge is 0.473 e. The molecule has 1 rings (SSSR count). The Morgan fingerprint density at radius 1 is 1.47 bits per heavy atom. The van der Waals surface area contributed by atoms with Crippen molar-refractivity contribution in [2.24, 2.45) is 7.05 Å². The van der Waals surface area contributed by atoms with Gasteiger partial charge in [0.1, 0.15) is 5.69 Å². The molecular weight excluding hydrogens is 190 g/mol. The minimum Gasteiger partial charge on any atom is -0.473 e. The van der Waals surface area contributed by atoms with Crippen LogP contribution < -0.4 is 10.5 Å². The lowest BCUT2D eigenvalue weighted by Crippen LogP contribution is -2.14. The minimum atomic E-state index is 0.192. The lowest BCUT2D eigenvalue weighted by Gasteiger charge is -2.13. The van der Waals surface area contributed by atoms with E-state index in [1.165, 1.54) is 0 Å². The maximum atomic E-state index is 5.95. The Morgan fingerprint density at radius 3 is 2.60 bits per heavy atom. The quantitative estimate of drug-likeness (QED) is 0.811. The molecule has 0 aliphatic carbocycles. The molecule has 1 aromatic rings. The zero-order valence-corrected chi connectivity index (χ0v) is 10.1. The van der Waals surface area contributed by atoms with Crippen LogP contribution in [0.5, 0.6) is 5.88 Å². The van der Waals surface area contributed by atoms with E-state index in [1.54, 1.807) is 4.68 Å². The van der Waals surface area contributed by atoms with Gasteiger partial charge in [0.15, 0.2) is 0 Å². The van der Waals surface area contributed by atoms with Crippen LogP contribution in [0.15, 0.2) is 0 Å². The predicted octanol–water partition coefficient (Wildman–Crippen LogP) is 2.13. The molecule has 0 spiro atoms. The number of nitrogens with zero attached hydrogens (tertiary/aromatic N) is 2. The highest BCUT2D eigenvalue weighted by Crippen LogP contribution is 2.26. The van der Waals surface area contributed by atoms with Crippen LogP contribution in [0.3, 0.4) is 0 Å². The first kappa shape index (κ1) is 11.9. The second-order valence-corrected chi connectivity index (χ2v) is 3.86. The first-order valence-electron chi connectivity index (χ1n) is 5.58. The van der Waals surface area contributed by atoms with E-state index in [0.29, 0.717) is 11.6 Å². The number of nitrogens with two attached hydrogens (primary N) is 1. The third-order valence-corrected chi connectivity index (χ3v) is 2.45. The van der Waals surface area contributed by atoms with Crippen LogP contribution in [0.1, 0.15) is 39.3 Å². The molecule has 2 N–H and O–H groups in total. The highest BCUT2D eigenvalue weighted by Gasteiger charge is 2.15. The van der Waals surface area contributed by atoms with Crippen LogP contribution in [-0.4, -0.2) is 15.9 Å². The Labute approximate surface area is 91.4 Å². The topological polar surface area (TPSA) is 53.1 Å². The summed E-state index contributed by atoms with van der Waals surface area (Å²) in [7, 11) is 1.86. The maximum absolute atomic E-state index is 5.95. The Balaban J connectivity index is 2.80. The number of nitrogen functional groups attached to an aromatic ring is 1. The number of aryl methyl sites for hydroxylation is 2. The lowest BCUT2D eigenvalue weighted by atomic mass is 10.2. The molecule has 0 saturated heterocycles. The first-order chi connectivity index (χ1) is 7.10. The summed E-state index contributed by atoms with van der Waals surface area (Å²) < 4.78 is 7.50. The van der Waals surface area contributed by atoms with Gasteiger partial charge < -0.3 is 10.5 Å². The van der Waals surface area contributed by atoms with Gasteiger partial charge in [-0.15, -0.1) is 0 Å². The van der Waals surface area contributed by atoms with E-state index >= 15 is 0 Å². The third kappa shape index (κ3) is 2.64. The van der Waals surface area contributed by atoms with E-state index in [0.717, 1.165) is 25.0 Å². The van der Waals surface area contributed by atoms with Crippen molar-refractivity contribution in [2.75, 3.05) is 5.73 Å². The van der Waals surface area contributed by atoms with E-state index < -0.39 is 0 Å². The number of ether oxygens (including phenoxy) is 1. The molecule has 4 nitrogen and oxygen atoms in total. The molecule has 15 heavy (non-hydrogen) atoms. The Hall–Kier alpha value is -1.19. The average Bonchev–Trinajstić information content (AvgIpc) is 2.45. The normalized spacial score (nSPS) is 12.8. The van der Waals surface area contributed by atoms with Crippen LogP contribution in [0.4, 0.5) is 5.69 Å². The van der Waals surface area contributed by atoms with Crippen molar-refractivity contribution in [3.63, 3.8) is 0 Å². The fourth-order valence-electron chi connectivity index (χ4n) is 1.64. The zero-order chi connectivity index (χ0) is 11.4. The molecule has 0 saturated carbocycles. The first-order valence-corrected chi connectivity index (χ1v) is 5.58. The minimum absolute atomic E-state index is 0.192. The molecule has 1 heterocycles. The van der Waals surface area contributed by atoms with Crippen molar-refractivity contribution in [1.29, 1.82) is 0 Å². The maximum Gasteiger partial charge on any atom is 0.236 e. The highest BCUT2D eigenvalue weighted by atomic mass is 16.5. The fourth-order valence-corrected chi connectivity index (χ4v) is 1.64. The van der Waals surface area contributed by atoms with Crippen LogP contribution in [0.25, 0.3) is 0 Å². The molecule has 0 amide bonds. The fraction of sp³-hybridized carbons (Fsp3) is 0.727. The summed E-state index contributed by atoms with van der Waals surface area (Å²) in [6, 6.07) is 0. The molecule has 1 unspecified atom stereocenters. The average molecular weight is 211 g/mol. The van der Waals surface area contributed by atoms with E-state index in [9.17, 15) is 0 Å². The van der Waals surface area contributed by atoms with Gasteiger partial charge in [0.05, 0.1) is 11.8 Å². The van der Waals surface area contributed by atoms with Crippen LogP contribution in [-0.2, 0) is 13.5 Å². The highest BCUT2D eigenvalue weighted by molar-refractivity contribution is 5.53.